The summed E-state index contributed by atoms with van der Waals surface area (Å²) in [6.07, 6.45) is 6.43. The van der Waals surface area contributed by atoms with Gasteiger partial charge in [0.05, 0.1) is 13.2 Å². The van der Waals surface area contributed by atoms with E-state index in [1.54, 1.807) is 7.11 Å². The Morgan fingerprint density at radius 1 is 1.38 bits per heavy atom. The van der Waals surface area contributed by atoms with Gasteiger partial charge in [0.2, 0.25) is 0 Å². The van der Waals surface area contributed by atoms with E-state index in [1.807, 2.05) is 0 Å². The predicted molar refractivity (Wildman–Crippen MR) is 92.2 cm³/mol. The molecule has 1 aliphatic carbocycles. The van der Waals surface area contributed by atoms with Crippen molar-refractivity contribution in [2.45, 2.75) is 44.7 Å². The standard InChI is InChI=1S/C17H28N4O3/c1-20(14-6-4-3-5-7-14)11-10-18-17(23)15-8-9-16(22)21(19-15)12-13-24-2/h8-9,14H,3-7,10-13H2,1-2H3,(H,18,23). The quantitative estimate of drug-likeness (QED) is 0.763. The minimum absolute atomic E-state index is 0.236. The third kappa shape index (κ3) is 5.42. The molecule has 1 amide bonds. The average molecular weight is 336 g/mol. The topological polar surface area (TPSA) is 76.5 Å². The van der Waals surface area contributed by atoms with Gasteiger partial charge < -0.3 is 15.0 Å². The lowest BCUT2D eigenvalue weighted by atomic mass is 9.94. The molecule has 1 aliphatic rings. The summed E-state index contributed by atoms with van der Waals surface area (Å²) in [4.78, 5) is 26.2. The van der Waals surface area contributed by atoms with Crippen molar-refractivity contribution >= 4 is 5.91 Å². The molecule has 0 aliphatic heterocycles. The van der Waals surface area contributed by atoms with Gasteiger partial charge in [-0.25, -0.2) is 4.68 Å². The fourth-order valence-corrected chi connectivity index (χ4v) is 3.05. The third-order valence-corrected chi connectivity index (χ3v) is 4.55. The fourth-order valence-electron chi connectivity index (χ4n) is 3.05. The van der Waals surface area contributed by atoms with E-state index in [9.17, 15) is 9.59 Å². The van der Waals surface area contributed by atoms with E-state index in [-0.39, 0.29) is 17.2 Å². The van der Waals surface area contributed by atoms with Crippen molar-refractivity contribution < 1.29 is 9.53 Å². The molecule has 1 aromatic rings. The summed E-state index contributed by atoms with van der Waals surface area (Å²) in [6, 6.07) is 3.46. The summed E-state index contributed by atoms with van der Waals surface area (Å²) in [5.74, 6) is -0.252. The van der Waals surface area contributed by atoms with Crippen molar-refractivity contribution in [2.75, 3.05) is 33.9 Å². The van der Waals surface area contributed by atoms with Gasteiger partial charge in [-0.3, -0.25) is 9.59 Å². The van der Waals surface area contributed by atoms with E-state index >= 15 is 0 Å². The first-order valence-electron chi connectivity index (χ1n) is 8.67. The van der Waals surface area contributed by atoms with Crippen LogP contribution in [0, 0.1) is 0 Å². The summed E-state index contributed by atoms with van der Waals surface area (Å²) in [7, 11) is 3.68. The van der Waals surface area contributed by atoms with Gasteiger partial charge in [0.25, 0.3) is 11.5 Å². The van der Waals surface area contributed by atoms with E-state index in [0.29, 0.717) is 25.7 Å². The van der Waals surface area contributed by atoms with Crippen LogP contribution in [0.15, 0.2) is 16.9 Å². The molecule has 1 saturated carbocycles. The summed E-state index contributed by atoms with van der Waals surface area (Å²) in [5.41, 5.74) is 0.0201. The number of carbonyl (C=O) groups excluding carboxylic acids is 1. The van der Waals surface area contributed by atoms with Crippen LogP contribution in [0.1, 0.15) is 42.6 Å². The van der Waals surface area contributed by atoms with E-state index in [2.05, 4.69) is 22.4 Å². The molecule has 0 saturated heterocycles. The van der Waals surface area contributed by atoms with Gasteiger partial charge in [-0.05, 0) is 26.0 Å². The summed E-state index contributed by atoms with van der Waals surface area (Å²) < 4.78 is 6.20. The van der Waals surface area contributed by atoms with Gasteiger partial charge in [0.1, 0.15) is 5.69 Å². The number of methoxy groups -OCH3 is 1. The Morgan fingerprint density at radius 3 is 2.83 bits per heavy atom. The second-order valence-electron chi connectivity index (χ2n) is 6.30. The molecule has 134 valence electrons. The first kappa shape index (κ1) is 18.6. The largest absolute Gasteiger partial charge is 0.383 e. The number of nitrogens with zero attached hydrogens (tertiary/aromatic N) is 3. The Morgan fingerprint density at radius 2 is 2.12 bits per heavy atom. The van der Waals surface area contributed by atoms with Crippen LogP contribution in [0.4, 0.5) is 0 Å². The van der Waals surface area contributed by atoms with Crippen LogP contribution < -0.4 is 10.9 Å². The Balaban J connectivity index is 1.82. The first-order chi connectivity index (χ1) is 11.6. The van der Waals surface area contributed by atoms with Gasteiger partial charge >= 0.3 is 0 Å². The highest BCUT2D eigenvalue weighted by atomic mass is 16.5. The molecular formula is C17H28N4O3. The maximum atomic E-state index is 12.2. The van der Waals surface area contributed by atoms with Crippen molar-refractivity contribution in [1.82, 2.24) is 20.0 Å². The Hall–Kier alpha value is -1.73. The maximum Gasteiger partial charge on any atom is 0.271 e. The van der Waals surface area contributed by atoms with Crippen LogP contribution in [0.5, 0.6) is 0 Å². The van der Waals surface area contributed by atoms with Crippen molar-refractivity contribution in [3.05, 3.63) is 28.2 Å². The minimum atomic E-state index is -0.252. The highest BCUT2D eigenvalue weighted by Gasteiger charge is 2.18. The number of carbonyl (C=O) groups is 1. The molecule has 0 spiro atoms. The van der Waals surface area contributed by atoms with E-state index in [0.717, 1.165) is 6.54 Å². The number of amides is 1. The lowest BCUT2D eigenvalue weighted by Crippen LogP contribution is -2.40. The number of hydrogen-bond donors (Lipinski definition) is 1. The predicted octanol–water partition coefficient (Wildman–Crippen LogP) is 0.884. The molecule has 0 aromatic carbocycles. The van der Waals surface area contributed by atoms with Crippen LogP contribution in [0.2, 0.25) is 0 Å². The van der Waals surface area contributed by atoms with Crippen molar-refractivity contribution in [1.29, 1.82) is 0 Å². The van der Waals surface area contributed by atoms with Gasteiger partial charge in [0.15, 0.2) is 0 Å². The lowest BCUT2D eigenvalue weighted by molar-refractivity contribution is 0.0936. The molecule has 0 radical (unpaired) electrons. The molecule has 24 heavy (non-hydrogen) atoms. The van der Waals surface area contributed by atoms with Crippen LogP contribution in [0.25, 0.3) is 0 Å². The second-order valence-corrected chi connectivity index (χ2v) is 6.30. The van der Waals surface area contributed by atoms with Crippen LogP contribution in [-0.2, 0) is 11.3 Å². The minimum Gasteiger partial charge on any atom is -0.383 e. The Bertz CT molecular complexity index is 581. The molecule has 0 atom stereocenters. The molecule has 2 rings (SSSR count). The summed E-state index contributed by atoms with van der Waals surface area (Å²) >= 11 is 0. The molecule has 0 unspecified atom stereocenters. The molecule has 7 heteroatoms. The van der Waals surface area contributed by atoms with Crippen molar-refractivity contribution in [3.63, 3.8) is 0 Å². The van der Waals surface area contributed by atoms with Gasteiger partial charge in [-0.15, -0.1) is 0 Å². The first-order valence-corrected chi connectivity index (χ1v) is 8.67. The van der Waals surface area contributed by atoms with E-state index in [1.165, 1.54) is 48.9 Å². The molecular weight excluding hydrogens is 308 g/mol. The number of hydrogen-bond acceptors (Lipinski definition) is 5. The van der Waals surface area contributed by atoms with Crippen molar-refractivity contribution in [2.24, 2.45) is 0 Å². The van der Waals surface area contributed by atoms with Crippen LogP contribution in [0.3, 0.4) is 0 Å². The zero-order chi connectivity index (χ0) is 17.4. The zero-order valence-corrected chi connectivity index (χ0v) is 14.7. The maximum absolute atomic E-state index is 12.2. The molecule has 1 aromatic heterocycles. The smallest absolute Gasteiger partial charge is 0.271 e. The Labute approximate surface area is 143 Å². The molecule has 1 fully saturated rings. The van der Waals surface area contributed by atoms with Gasteiger partial charge in [-0.2, -0.15) is 5.10 Å². The number of likely N-dealkylation sites (N-methyl/N-ethyl adjacent to an activating group) is 1. The number of rotatable bonds is 8. The highest BCUT2D eigenvalue weighted by molar-refractivity contribution is 5.91. The molecule has 1 N–H and O–H groups in total. The SMILES string of the molecule is COCCn1nc(C(=O)NCCN(C)C2CCCCC2)ccc1=O. The van der Waals surface area contributed by atoms with Crippen molar-refractivity contribution in [3.8, 4) is 0 Å². The number of nitrogens with one attached hydrogen (secondary N) is 1. The number of aromatic nitrogens is 2. The number of ether oxygens (including phenoxy) is 1. The van der Waals surface area contributed by atoms with Gasteiger partial charge in [-0.1, -0.05) is 19.3 Å². The lowest BCUT2D eigenvalue weighted by Gasteiger charge is -2.31. The molecule has 7 nitrogen and oxygen atoms in total. The highest BCUT2D eigenvalue weighted by Crippen LogP contribution is 2.21. The zero-order valence-electron chi connectivity index (χ0n) is 14.7. The van der Waals surface area contributed by atoms with Crippen LogP contribution in [-0.4, -0.2) is 60.5 Å². The summed E-state index contributed by atoms with van der Waals surface area (Å²) in [6.45, 7) is 2.11. The molecule has 1 heterocycles. The monoisotopic (exact) mass is 336 g/mol. The Kier molecular flexibility index (Phi) is 7.39. The van der Waals surface area contributed by atoms with E-state index < -0.39 is 0 Å². The normalized spacial score (nSPS) is 15.6. The van der Waals surface area contributed by atoms with Crippen LogP contribution >= 0.6 is 0 Å². The third-order valence-electron chi connectivity index (χ3n) is 4.55. The summed E-state index contributed by atoms with van der Waals surface area (Å²) in [5, 5.41) is 6.98. The average Bonchev–Trinajstić information content (AvgIpc) is 2.61. The second kappa shape index (κ2) is 9.54. The van der Waals surface area contributed by atoms with E-state index in [4.69, 9.17) is 4.74 Å². The van der Waals surface area contributed by atoms with Gasteiger partial charge in [0, 0.05) is 32.3 Å². The fraction of sp³-hybridized carbons (Fsp3) is 0.706. The molecule has 0 bridgehead atoms.